The van der Waals surface area contributed by atoms with E-state index in [0.717, 1.165) is 15.6 Å². The van der Waals surface area contributed by atoms with Crippen molar-refractivity contribution in [2.45, 2.75) is 13.8 Å². The van der Waals surface area contributed by atoms with Gasteiger partial charge < -0.3 is 10.6 Å². The maximum absolute atomic E-state index is 12.8. The Balaban J connectivity index is 1.70. The SMILES string of the molecule is Cc1ccc(NC(=O)c2ccccc2NC(=S)NC(=O)c2ccc(Br)cc2)cc1C. The van der Waals surface area contributed by atoms with Crippen LogP contribution in [0.3, 0.4) is 0 Å². The molecule has 3 aromatic carbocycles. The van der Waals surface area contributed by atoms with Crippen LogP contribution in [-0.4, -0.2) is 16.9 Å². The number of thiocarbonyl (C=S) groups is 1. The van der Waals surface area contributed by atoms with Crippen molar-refractivity contribution < 1.29 is 9.59 Å². The van der Waals surface area contributed by atoms with Crippen LogP contribution in [0, 0.1) is 13.8 Å². The van der Waals surface area contributed by atoms with E-state index in [-0.39, 0.29) is 16.9 Å². The summed E-state index contributed by atoms with van der Waals surface area (Å²) in [5, 5.41) is 8.57. The summed E-state index contributed by atoms with van der Waals surface area (Å²) in [4.78, 5) is 25.1. The first-order valence-electron chi connectivity index (χ1n) is 9.19. The number of amides is 2. The maximum atomic E-state index is 12.8. The smallest absolute Gasteiger partial charge is 0.257 e. The molecule has 3 N–H and O–H groups in total. The Morgan fingerprint density at radius 1 is 0.833 bits per heavy atom. The van der Waals surface area contributed by atoms with Gasteiger partial charge in [-0.25, -0.2) is 0 Å². The fraction of sp³-hybridized carbons (Fsp3) is 0.0870. The molecular formula is C23H20BrN3O2S. The molecule has 0 bridgehead atoms. The highest BCUT2D eigenvalue weighted by atomic mass is 79.9. The molecule has 0 aliphatic rings. The Morgan fingerprint density at radius 3 is 2.23 bits per heavy atom. The molecule has 0 spiro atoms. The fourth-order valence-corrected chi connectivity index (χ4v) is 3.20. The second-order valence-corrected chi connectivity index (χ2v) is 8.04. The van der Waals surface area contributed by atoms with Crippen molar-refractivity contribution in [1.29, 1.82) is 0 Å². The van der Waals surface area contributed by atoms with E-state index < -0.39 is 0 Å². The molecule has 0 radical (unpaired) electrons. The van der Waals surface area contributed by atoms with E-state index in [4.69, 9.17) is 12.2 Å². The number of para-hydroxylation sites is 1. The number of benzene rings is 3. The normalized spacial score (nSPS) is 10.2. The zero-order chi connectivity index (χ0) is 21.7. The molecule has 2 amide bonds. The zero-order valence-corrected chi connectivity index (χ0v) is 18.9. The average Bonchev–Trinajstić information content (AvgIpc) is 2.71. The van der Waals surface area contributed by atoms with Gasteiger partial charge in [-0.05, 0) is 85.7 Å². The van der Waals surface area contributed by atoms with Gasteiger partial charge in [0.15, 0.2) is 5.11 Å². The van der Waals surface area contributed by atoms with Crippen molar-refractivity contribution in [3.05, 3.63) is 93.5 Å². The molecule has 0 saturated heterocycles. The number of carbonyl (C=O) groups excluding carboxylic acids is 2. The lowest BCUT2D eigenvalue weighted by Gasteiger charge is -2.14. The van der Waals surface area contributed by atoms with Gasteiger partial charge in [-0.1, -0.05) is 34.1 Å². The number of nitrogens with one attached hydrogen (secondary N) is 3. The summed E-state index contributed by atoms with van der Waals surface area (Å²) in [5.74, 6) is -0.611. The highest BCUT2D eigenvalue weighted by Crippen LogP contribution is 2.19. The molecule has 0 atom stereocenters. The molecule has 0 fully saturated rings. The minimum atomic E-state index is -0.336. The minimum Gasteiger partial charge on any atom is -0.332 e. The molecule has 5 nitrogen and oxygen atoms in total. The molecule has 3 rings (SSSR count). The van der Waals surface area contributed by atoms with Gasteiger partial charge in [0.05, 0.1) is 11.3 Å². The van der Waals surface area contributed by atoms with Crippen LogP contribution in [0.2, 0.25) is 0 Å². The average molecular weight is 482 g/mol. The zero-order valence-electron chi connectivity index (χ0n) is 16.5. The Bertz CT molecular complexity index is 1110. The predicted octanol–water partition coefficient (Wildman–Crippen LogP) is 5.45. The molecule has 0 aromatic heterocycles. The van der Waals surface area contributed by atoms with Crippen LogP contribution >= 0.6 is 28.1 Å². The first-order valence-corrected chi connectivity index (χ1v) is 10.4. The summed E-state index contributed by atoms with van der Waals surface area (Å²) in [6, 6.07) is 19.6. The van der Waals surface area contributed by atoms with Crippen molar-refractivity contribution in [3.63, 3.8) is 0 Å². The van der Waals surface area contributed by atoms with E-state index in [1.54, 1.807) is 48.5 Å². The monoisotopic (exact) mass is 481 g/mol. The van der Waals surface area contributed by atoms with Crippen molar-refractivity contribution >= 4 is 56.4 Å². The Labute approximate surface area is 189 Å². The largest absolute Gasteiger partial charge is 0.332 e. The van der Waals surface area contributed by atoms with Crippen molar-refractivity contribution in [2.75, 3.05) is 10.6 Å². The van der Waals surface area contributed by atoms with Gasteiger partial charge in [0.25, 0.3) is 11.8 Å². The van der Waals surface area contributed by atoms with Crippen LogP contribution in [-0.2, 0) is 0 Å². The van der Waals surface area contributed by atoms with E-state index >= 15 is 0 Å². The van der Waals surface area contributed by atoms with E-state index in [1.165, 1.54) is 0 Å². The van der Waals surface area contributed by atoms with Crippen LogP contribution in [0.25, 0.3) is 0 Å². The van der Waals surface area contributed by atoms with Gasteiger partial charge in [0, 0.05) is 15.7 Å². The standard InChI is InChI=1S/C23H20BrN3O2S/c1-14-7-12-18(13-15(14)2)25-22(29)19-5-3-4-6-20(19)26-23(30)27-21(28)16-8-10-17(24)11-9-16/h3-13H,1-2H3,(H,25,29)(H2,26,27,28,30). The van der Waals surface area contributed by atoms with Crippen LogP contribution in [0.1, 0.15) is 31.8 Å². The summed E-state index contributed by atoms with van der Waals surface area (Å²) in [7, 11) is 0. The molecule has 0 saturated carbocycles. The second kappa shape index (κ2) is 9.65. The first-order chi connectivity index (χ1) is 14.3. The molecule has 0 unspecified atom stereocenters. The van der Waals surface area contributed by atoms with Crippen LogP contribution in [0.4, 0.5) is 11.4 Å². The van der Waals surface area contributed by atoms with E-state index in [1.807, 2.05) is 32.0 Å². The molecule has 0 aliphatic carbocycles. The Hall–Kier alpha value is -3.03. The van der Waals surface area contributed by atoms with E-state index in [0.29, 0.717) is 22.5 Å². The van der Waals surface area contributed by atoms with E-state index in [2.05, 4.69) is 31.9 Å². The molecule has 30 heavy (non-hydrogen) atoms. The van der Waals surface area contributed by atoms with Crippen LogP contribution < -0.4 is 16.0 Å². The maximum Gasteiger partial charge on any atom is 0.257 e. The fourth-order valence-electron chi connectivity index (χ4n) is 2.74. The topological polar surface area (TPSA) is 70.2 Å². The summed E-state index contributed by atoms with van der Waals surface area (Å²) in [6.45, 7) is 4.01. The van der Waals surface area contributed by atoms with Gasteiger partial charge in [0.1, 0.15) is 0 Å². The van der Waals surface area contributed by atoms with Crippen molar-refractivity contribution in [2.24, 2.45) is 0 Å². The lowest BCUT2D eigenvalue weighted by molar-refractivity contribution is 0.0976. The van der Waals surface area contributed by atoms with Gasteiger partial charge in [0.2, 0.25) is 0 Å². The van der Waals surface area contributed by atoms with Gasteiger partial charge >= 0.3 is 0 Å². The summed E-state index contributed by atoms with van der Waals surface area (Å²) < 4.78 is 0.878. The van der Waals surface area contributed by atoms with Gasteiger partial charge in [-0.15, -0.1) is 0 Å². The first kappa shape index (κ1) is 21.7. The molecule has 0 aliphatic heterocycles. The lowest BCUT2D eigenvalue weighted by atomic mass is 10.1. The molecule has 0 heterocycles. The summed E-state index contributed by atoms with van der Waals surface area (Å²) >= 11 is 8.60. The molecule has 152 valence electrons. The molecular weight excluding hydrogens is 462 g/mol. The number of rotatable bonds is 4. The second-order valence-electron chi connectivity index (χ2n) is 6.71. The van der Waals surface area contributed by atoms with E-state index in [9.17, 15) is 9.59 Å². The highest BCUT2D eigenvalue weighted by Gasteiger charge is 2.14. The minimum absolute atomic E-state index is 0.106. The number of anilines is 2. The van der Waals surface area contributed by atoms with Crippen LogP contribution in [0.5, 0.6) is 0 Å². The van der Waals surface area contributed by atoms with Crippen LogP contribution in [0.15, 0.2) is 71.2 Å². The lowest BCUT2D eigenvalue weighted by Crippen LogP contribution is -2.34. The number of hydrogen-bond donors (Lipinski definition) is 3. The van der Waals surface area contributed by atoms with Gasteiger partial charge in [-0.2, -0.15) is 0 Å². The number of hydrogen-bond acceptors (Lipinski definition) is 3. The summed E-state index contributed by atoms with van der Waals surface area (Å²) in [5.41, 5.74) is 4.35. The van der Waals surface area contributed by atoms with Crippen molar-refractivity contribution in [3.8, 4) is 0 Å². The third kappa shape index (κ3) is 5.52. The number of aryl methyl sites for hydroxylation is 2. The number of carbonyl (C=O) groups is 2. The quantitative estimate of drug-likeness (QED) is 0.433. The third-order valence-electron chi connectivity index (χ3n) is 4.52. The summed E-state index contributed by atoms with van der Waals surface area (Å²) in [6.07, 6.45) is 0. The third-order valence-corrected chi connectivity index (χ3v) is 5.25. The van der Waals surface area contributed by atoms with Crippen molar-refractivity contribution in [1.82, 2.24) is 5.32 Å². The number of halogens is 1. The van der Waals surface area contributed by atoms with Gasteiger partial charge in [-0.3, -0.25) is 14.9 Å². The Morgan fingerprint density at radius 2 is 1.53 bits per heavy atom. The molecule has 7 heteroatoms. The predicted molar refractivity (Wildman–Crippen MR) is 128 cm³/mol. The highest BCUT2D eigenvalue weighted by molar-refractivity contribution is 9.10. The Kier molecular flexibility index (Phi) is 6.97. The molecule has 3 aromatic rings.